The zero-order valence-electron chi connectivity index (χ0n) is 10.8. The largest absolute Gasteiger partial charge is 0.398 e. The first-order chi connectivity index (χ1) is 9.37. The van der Waals surface area contributed by atoms with Gasteiger partial charge in [-0.2, -0.15) is 4.31 Å². The molecule has 1 amide bonds. The van der Waals surface area contributed by atoms with Gasteiger partial charge in [0, 0.05) is 18.2 Å². The van der Waals surface area contributed by atoms with Crippen LogP contribution < -0.4 is 11.5 Å². The molecule has 1 aliphatic rings. The lowest BCUT2D eigenvalue weighted by Gasteiger charge is -2.21. The number of hydrogen-bond donors (Lipinski definition) is 3. The van der Waals surface area contributed by atoms with Gasteiger partial charge in [-0.15, -0.1) is 0 Å². The van der Waals surface area contributed by atoms with E-state index < -0.39 is 15.9 Å². The molecule has 110 valence electrons. The molecule has 0 bridgehead atoms. The summed E-state index contributed by atoms with van der Waals surface area (Å²) in [6, 6.07) is 3.77. The van der Waals surface area contributed by atoms with Crippen LogP contribution >= 0.6 is 0 Å². The van der Waals surface area contributed by atoms with Gasteiger partial charge in [0.15, 0.2) is 0 Å². The van der Waals surface area contributed by atoms with Crippen LogP contribution in [-0.2, 0) is 10.0 Å². The fraction of sp³-hybridized carbons (Fsp3) is 0.417. The molecular formula is C12H17N3O4S. The third-order valence-electron chi connectivity index (χ3n) is 3.16. The highest BCUT2D eigenvalue weighted by molar-refractivity contribution is 7.89. The van der Waals surface area contributed by atoms with Gasteiger partial charge >= 0.3 is 0 Å². The van der Waals surface area contributed by atoms with Crippen molar-refractivity contribution in [1.29, 1.82) is 0 Å². The van der Waals surface area contributed by atoms with Crippen LogP contribution in [0.5, 0.6) is 0 Å². The highest BCUT2D eigenvalue weighted by Gasteiger charge is 2.38. The van der Waals surface area contributed by atoms with Gasteiger partial charge in [0.05, 0.1) is 12.3 Å². The first kappa shape index (κ1) is 14.8. The molecule has 1 fully saturated rings. The Morgan fingerprint density at radius 1 is 1.40 bits per heavy atom. The van der Waals surface area contributed by atoms with Gasteiger partial charge in [0.2, 0.25) is 15.9 Å². The number of amides is 1. The van der Waals surface area contributed by atoms with Gasteiger partial charge in [0.1, 0.15) is 4.90 Å². The molecule has 2 rings (SSSR count). The van der Waals surface area contributed by atoms with Gasteiger partial charge in [0.25, 0.3) is 0 Å². The van der Waals surface area contributed by atoms with Crippen molar-refractivity contribution in [3.05, 3.63) is 23.8 Å². The maximum atomic E-state index is 12.5. The van der Waals surface area contributed by atoms with E-state index in [1.54, 1.807) is 0 Å². The number of nitrogens with zero attached hydrogens (tertiary/aromatic N) is 1. The number of anilines is 1. The number of carbonyl (C=O) groups excluding carboxylic acids is 1. The quantitative estimate of drug-likeness (QED) is 0.611. The van der Waals surface area contributed by atoms with E-state index in [2.05, 4.69) is 0 Å². The molecule has 0 spiro atoms. The predicted molar refractivity (Wildman–Crippen MR) is 73.4 cm³/mol. The number of rotatable bonds is 6. The van der Waals surface area contributed by atoms with Crippen molar-refractivity contribution in [2.24, 2.45) is 5.73 Å². The fourth-order valence-corrected chi connectivity index (χ4v) is 3.80. The lowest BCUT2D eigenvalue weighted by atomic mass is 10.2. The van der Waals surface area contributed by atoms with Crippen molar-refractivity contribution in [3.63, 3.8) is 0 Å². The summed E-state index contributed by atoms with van der Waals surface area (Å²) in [4.78, 5) is 11.0. The standard InChI is InChI=1S/C12H17N3O4S/c13-10-7-8(12(14)17)1-4-11(10)20(18,19)15(5-6-16)9-2-3-9/h1,4,7,9,16H,2-3,5-6,13H2,(H2,14,17). The summed E-state index contributed by atoms with van der Waals surface area (Å²) in [6.07, 6.45) is 1.55. The molecule has 1 aromatic rings. The Kier molecular flexibility index (Phi) is 3.98. The minimum atomic E-state index is -3.78. The van der Waals surface area contributed by atoms with Crippen molar-refractivity contribution in [3.8, 4) is 0 Å². The molecule has 5 N–H and O–H groups in total. The Morgan fingerprint density at radius 3 is 2.50 bits per heavy atom. The monoisotopic (exact) mass is 299 g/mol. The van der Waals surface area contributed by atoms with E-state index in [1.165, 1.54) is 22.5 Å². The average Bonchev–Trinajstić information content (AvgIpc) is 3.19. The lowest BCUT2D eigenvalue weighted by molar-refractivity contribution is 0.1000. The maximum absolute atomic E-state index is 12.5. The van der Waals surface area contributed by atoms with Gasteiger partial charge in [-0.05, 0) is 31.0 Å². The Morgan fingerprint density at radius 2 is 2.05 bits per heavy atom. The summed E-state index contributed by atoms with van der Waals surface area (Å²) in [5, 5.41) is 9.01. The van der Waals surface area contributed by atoms with E-state index >= 15 is 0 Å². The number of hydrogen-bond acceptors (Lipinski definition) is 5. The van der Waals surface area contributed by atoms with E-state index in [0.717, 1.165) is 12.8 Å². The zero-order valence-corrected chi connectivity index (χ0v) is 11.6. The predicted octanol–water partition coefficient (Wildman–Crippen LogP) is -0.487. The molecule has 0 aromatic heterocycles. The van der Waals surface area contributed by atoms with E-state index in [4.69, 9.17) is 16.6 Å². The minimum Gasteiger partial charge on any atom is -0.398 e. The highest BCUT2D eigenvalue weighted by Crippen LogP contribution is 2.33. The topological polar surface area (TPSA) is 127 Å². The highest BCUT2D eigenvalue weighted by atomic mass is 32.2. The molecule has 8 heteroatoms. The third-order valence-corrected chi connectivity index (χ3v) is 5.18. The summed E-state index contributed by atoms with van der Waals surface area (Å²) < 4.78 is 26.3. The summed E-state index contributed by atoms with van der Waals surface area (Å²) >= 11 is 0. The van der Waals surface area contributed by atoms with Crippen LogP contribution in [-0.4, -0.2) is 42.9 Å². The van der Waals surface area contributed by atoms with Crippen LogP contribution in [0.25, 0.3) is 0 Å². The number of carbonyl (C=O) groups is 1. The molecule has 0 radical (unpaired) electrons. The third kappa shape index (κ3) is 2.77. The molecule has 0 heterocycles. The van der Waals surface area contributed by atoms with Crippen LogP contribution in [0.3, 0.4) is 0 Å². The number of primary amides is 1. The van der Waals surface area contributed by atoms with Crippen LogP contribution in [0.4, 0.5) is 5.69 Å². The fourth-order valence-electron chi connectivity index (χ4n) is 2.02. The van der Waals surface area contributed by atoms with Gasteiger partial charge < -0.3 is 16.6 Å². The lowest BCUT2D eigenvalue weighted by Crippen LogP contribution is -2.36. The first-order valence-electron chi connectivity index (χ1n) is 6.20. The number of aliphatic hydroxyl groups is 1. The average molecular weight is 299 g/mol. The van der Waals surface area contributed by atoms with Crippen molar-refractivity contribution >= 4 is 21.6 Å². The first-order valence-corrected chi connectivity index (χ1v) is 7.64. The smallest absolute Gasteiger partial charge is 0.248 e. The van der Waals surface area contributed by atoms with Crippen molar-refractivity contribution in [1.82, 2.24) is 4.31 Å². The summed E-state index contributed by atoms with van der Waals surface area (Å²) in [7, 11) is -3.78. The Balaban J connectivity index is 2.40. The molecule has 0 saturated heterocycles. The maximum Gasteiger partial charge on any atom is 0.248 e. The summed E-state index contributed by atoms with van der Waals surface area (Å²) in [5.41, 5.74) is 11.0. The second kappa shape index (κ2) is 5.39. The molecule has 0 atom stereocenters. The molecule has 1 aliphatic carbocycles. The number of sulfonamides is 1. The molecule has 1 aromatic carbocycles. The van der Waals surface area contributed by atoms with Crippen LogP contribution in [0.2, 0.25) is 0 Å². The minimum absolute atomic E-state index is 0.0233. The van der Waals surface area contributed by atoms with Crippen LogP contribution in [0.1, 0.15) is 23.2 Å². The summed E-state index contributed by atoms with van der Waals surface area (Å²) in [6.45, 7) is -0.223. The number of aliphatic hydroxyl groups excluding tert-OH is 1. The zero-order chi connectivity index (χ0) is 14.9. The Hall–Kier alpha value is -1.64. The van der Waals surface area contributed by atoms with Crippen molar-refractivity contribution < 1.29 is 18.3 Å². The van der Waals surface area contributed by atoms with E-state index in [1.807, 2.05) is 0 Å². The SMILES string of the molecule is NC(=O)c1ccc(S(=O)(=O)N(CCO)C2CC2)c(N)c1. The van der Waals surface area contributed by atoms with E-state index in [0.29, 0.717) is 0 Å². The second-order valence-corrected chi connectivity index (χ2v) is 6.55. The normalized spacial score (nSPS) is 15.5. The van der Waals surface area contributed by atoms with E-state index in [9.17, 15) is 13.2 Å². The van der Waals surface area contributed by atoms with Crippen LogP contribution in [0, 0.1) is 0 Å². The molecule has 20 heavy (non-hydrogen) atoms. The van der Waals surface area contributed by atoms with Crippen molar-refractivity contribution in [2.45, 2.75) is 23.8 Å². The van der Waals surface area contributed by atoms with Gasteiger partial charge in [-0.3, -0.25) is 4.79 Å². The number of benzene rings is 1. The van der Waals surface area contributed by atoms with Crippen molar-refractivity contribution in [2.75, 3.05) is 18.9 Å². The molecule has 0 unspecified atom stereocenters. The number of nitrogens with two attached hydrogens (primary N) is 2. The molecule has 7 nitrogen and oxygen atoms in total. The number of nitrogen functional groups attached to an aromatic ring is 1. The van der Waals surface area contributed by atoms with E-state index in [-0.39, 0.29) is 35.3 Å². The molecule has 1 saturated carbocycles. The Bertz CT molecular complexity index is 626. The van der Waals surface area contributed by atoms with Crippen LogP contribution in [0.15, 0.2) is 23.1 Å². The van der Waals surface area contributed by atoms with Gasteiger partial charge in [-0.25, -0.2) is 8.42 Å². The van der Waals surface area contributed by atoms with Gasteiger partial charge in [-0.1, -0.05) is 0 Å². The Labute approximate surface area is 117 Å². The second-order valence-electron chi connectivity index (χ2n) is 4.69. The molecular weight excluding hydrogens is 282 g/mol. The molecule has 0 aliphatic heterocycles. The summed E-state index contributed by atoms with van der Waals surface area (Å²) in [5.74, 6) is -0.671.